The largest absolute Gasteiger partial charge is 0.573 e. The summed E-state index contributed by atoms with van der Waals surface area (Å²) in [4.78, 5) is 7.38. The van der Waals surface area contributed by atoms with Crippen LogP contribution < -0.4 is 4.74 Å². The van der Waals surface area contributed by atoms with E-state index in [1.807, 2.05) is 25.1 Å². The summed E-state index contributed by atoms with van der Waals surface area (Å²) in [7, 11) is 0. The molecule has 0 amide bonds. The average molecular weight is 292 g/mol. The number of hydrogen-bond donors (Lipinski definition) is 1. The van der Waals surface area contributed by atoms with E-state index in [0.717, 1.165) is 22.4 Å². The fourth-order valence-electron chi connectivity index (χ4n) is 2.19. The lowest BCUT2D eigenvalue weighted by atomic mass is 10.0. The maximum atomic E-state index is 12.3. The fraction of sp³-hybridized carbons (Fsp3) is 0.133. The Kier molecular flexibility index (Phi) is 3.08. The van der Waals surface area contributed by atoms with Crippen molar-refractivity contribution in [2.45, 2.75) is 13.3 Å². The van der Waals surface area contributed by atoms with Gasteiger partial charge in [0, 0.05) is 0 Å². The lowest BCUT2D eigenvalue weighted by Gasteiger charge is -2.10. The first-order valence-corrected chi connectivity index (χ1v) is 6.23. The second-order valence-corrected chi connectivity index (χ2v) is 4.63. The van der Waals surface area contributed by atoms with Gasteiger partial charge in [0.25, 0.3) is 0 Å². The Morgan fingerprint density at radius 1 is 1.05 bits per heavy atom. The Morgan fingerprint density at radius 3 is 2.57 bits per heavy atom. The number of H-pyrrole nitrogens is 1. The highest BCUT2D eigenvalue weighted by atomic mass is 19.4. The molecule has 0 bridgehead atoms. The smallest absolute Gasteiger partial charge is 0.406 e. The molecular weight excluding hydrogens is 281 g/mol. The van der Waals surface area contributed by atoms with Crippen LogP contribution in [0.5, 0.6) is 5.75 Å². The van der Waals surface area contributed by atoms with Gasteiger partial charge in [0.15, 0.2) is 0 Å². The molecule has 0 unspecified atom stereocenters. The van der Waals surface area contributed by atoms with Gasteiger partial charge >= 0.3 is 6.36 Å². The minimum absolute atomic E-state index is 0.235. The van der Waals surface area contributed by atoms with E-state index < -0.39 is 6.36 Å². The van der Waals surface area contributed by atoms with Crippen LogP contribution in [0.15, 0.2) is 42.5 Å². The zero-order valence-electron chi connectivity index (χ0n) is 11.0. The number of halogens is 3. The number of aryl methyl sites for hydroxylation is 1. The van der Waals surface area contributed by atoms with Crippen molar-refractivity contribution in [2.24, 2.45) is 0 Å². The molecule has 0 fully saturated rings. The van der Waals surface area contributed by atoms with Crippen LogP contribution >= 0.6 is 0 Å². The summed E-state index contributed by atoms with van der Waals surface area (Å²) in [6.07, 6.45) is -4.69. The highest BCUT2D eigenvalue weighted by Gasteiger charge is 2.31. The summed E-state index contributed by atoms with van der Waals surface area (Å²) in [6.45, 7) is 1.84. The van der Waals surface area contributed by atoms with Gasteiger partial charge in [-0.3, -0.25) is 0 Å². The molecule has 6 heteroatoms. The van der Waals surface area contributed by atoms with Crippen molar-refractivity contribution in [3.63, 3.8) is 0 Å². The second kappa shape index (κ2) is 4.80. The van der Waals surface area contributed by atoms with Crippen LogP contribution in [0, 0.1) is 6.92 Å². The molecule has 2 aromatic carbocycles. The van der Waals surface area contributed by atoms with Gasteiger partial charge in [-0.1, -0.05) is 18.2 Å². The van der Waals surface area contributed by atoms with Crippen molar-refractivity contribution < 1.29 is 17.9 Å². The number of alkyl halides is 3. The number of rotatable bonds is 2. The molecule has 0 aliphatic rings. The number of aromatic amines is 1. The first-order valence-electron chi connectivity index (χ1n) is 6.23. The summed E-state index contributed by atoms with van der Waals surface area (Å²) in [5.41, 5.74) is 3.09. The Hall–Kier alpha value is -2.50. The van der Waals surface area contributed by atoms with E-state index in [0.29, 0.717) is 5.56 Å². The lowest BCUT2D eigenvalue weighted by Crippen LogP contribution is -2.17. The quantitative estimate of drug-likeness (QED) is 0.758. The van der Waals surface area contributed by atoms with E-state index in [1.165, 1.54) is 18.2 Å². The number of ether oxygens (including phenoxy) is 1. The van der Waals surface area contributed by atoms with E-state index in [-0.39, 0.29) is 5.75 Å². The van der Waals surface area contributed by atoms with Crippen molar-refractivity contribution in [1.29, 1.82) is 0 Å². The molecule has 1 heterocycles. The Labute approximate surface area is 118 Å². The monoisotopic (exact) mass is 292 g/mol. The Bertz CT molecular complexity index is 793. The van der Waals surface area contributed by atoms with E-state index >= 15 is 0 Å². The van der Waals surface area contributed by atoms with Crippen LogP contribution in [0.2, 0.25) is 0 Å². The van der Waals surface area contributed by atoms with Crippen LogP contribution in [0.25, 0.3) is 22.2 Å². The van der Waals surface area contributed by atoms with Gasteiger partial charge in [-0.2, -0.15) is 0 Å². The second-order valence-electron chi connectivity index (χ2n) is 4.63. The number of hydrogen-bond acceptors (Lipinski definition) is 2. The highest BCUT2D eigenvalue weighted by Crippen LogP contribution is 2.29. The molecule has 1 N–H and O–H groups in total. The van der Waals surface area contributed by atoms with Gasteiger partial charge in [0.1, 0.15) is 11.6 Å². The summed E-state index contributed by atoms with van der Waals surface area (Å²) < 4.78 is 40.7. The van der Waals surface area contributed by atoms with E-state index in [9.17, 15) is 13.2 Å². The number of benzene rings is 2. The molecule has 3 rings (SSSR count). The molecule has 0 aliphatic heterocycles. The summed E-state index contributed by atoms with van der Waals surface area (Å²) in [5, 5.41) is 0. The van der Waals surface area contributed by atoms with Gasteiger partial charge < -0.3 is 9.72 Å². The van der Waals surface area contributed by atoms with Crippen LogP contribution in [0.1, 0.15) is 5.82 Å². The summed E-state index contributed by atoms with van der Waals surface area (Å²) in [5.74, 6) is 0.553. The standard InChI is InChI=1S/C15H11F3N2O/c1-9-19-13-6-5-11(8-14(13)20-9)10-3-2-4-12(7-10)21-15(16,17)18/h2-8H,1H3,(H,19,20). The molecule has 0 atom stereocenters. The van der Waals surface area contributed by atoms with Crippen molar-refractivity contribution in [2.75, 3.05) is 0 Å². The number of fused-ring (bicyclic) bond motifs is 1. The number of aromatic nitrogens is 2. The summed E-state index contributed by atoms with van der Waals surface area (Å²) in [6, 6.07) is 11.4. The molecule has 0 radical (unpaired) electrons. The SMILES string of the molecule is Cc1nc2ccc(-c3cccc(OC(F)(F)F)c3)cc2[nH]1. The van der Waals surface area contributed by atoms with Gasteiger partial charge in [-0.15, -0.1) is 13.2 Å². The zero-order valence-corrected chi connectivity index (χ0v) is 11.0. The maximum Gasteiger partial charge on any atom is 0.573 e. The molecule has 108 valence electrons. The Balaban J connectivity index is 1.99. The molecule has 0 aliphatic carbocycles. The van der Waals surface area contributed by atoms with Gasteiger partial charge in [0.05, 0.1) is 11.0 Å². The molecule has 0 spiro atoms. The third-order valence-electron chi connectivity index (χ3n) is 3.00. The minimum Gasteiger partial charge on any atom is -0.406 e. The van der Waals surface area contributed by atoms with Crippen LogP contribution in [0.3, 0.4) is 0 Å². The number of imidazole rings is 1. The van der Waals surface area contributed by atoms with E-state index in [2.05, 4.69) is 14.7 Å². The van der Waals surface area contributed by atoms with Crippen LogP contribution in [0.4, 0.5) is 13.2 Å². The predicted octanol–water partition coefficient (Wildman–Crippen LogP) is 4.44. The van der Waals surface area contributed by atoms with Crippen LogP contribution in [-0.4, -0.2) is 16.3 Å². The van der Waals surface area contributed by atoms with Crippen molar-refractivity contribution >= 4 is 11.0 Å². The van der Waals surface area contributed by atoms with E-state index in [1.54, 1.807) is 6.07 Å². The number of nitrogens with zero attached hydrogens (tertiary/aromatic N) is 1. The highest BCUT2D eigenvalue weighted by molar-refractivity contribution is 5.82. The third-order valence-corrected chi connectivity index (χ3v) is 3.00. The molecule has 3 aromatic rings. The molecule has 21 heavy (non-hydrogen) atoms. The fourth-order valence-corrected chi connectivity index (χ4v) is 2.19. The van der Waals surface area contributed by atoms with Crippen LogP contribution in [-0.2, 0) is 0 Å². The third kappa shape index (κ3) is 2.99. The topological polar surface area (TPSA) is 37.9 Å². The van der Waals surface area contributed by atoms with Crippen molar-refractivity contribution in [3.8, 4) is 16.9 Å². The van der Waals surface area contributed by atoms with Gasteiger partial charge in [-0.05, 0) is 42.3 Å². The van der Waals surface area contributed by atoms with E-state index in [4.69, 9.17) is 0 Å². The predicted molar refractivity (Wildman–Crippen MR) is 72.9 cm³/mol. The molecular formula is C15H11F3N2O. The summed E-state index contributed by atoms with van der Waals surface area (Å²) >= 11 is 0. The first-order chi connectivity index (χ1) is 9.90. The Morgan fingerprint density at radius 2 is 1.81 bits per heavy atom. The average Bonchev–Trinajstić information content (AvgIpc) is 2.76. The van der Waals surface area contributed by atoms with Crippen molar-refractivity contribution in [1.82, 2.24) is 9.97 Å². The maximum absolute atomic E-state index is 12.3. The molecule has 0 saturated heterocycles. The number of nitrogens with one attached hydrogen (secondary N) is 1. The zero-order chi connectivity index (χ0) is 15.0. The normalized spacial score (nSPS) is 11.8. The molecule has 3 nitrogen and oxygen atoms in total. The van der Waals surface area contributed by atoms with Gasteiger partial charge in [0.2, 0.25) is 0 Å². The van der Waals surface area contributed by atoms with Crippen molar-refractivity contribution in [3.05, 3.63) is 48.3 Å². The first kappa shape index (κ1) is 13.5. The minimum atomic E-state index is -4.69. The molecule has 1 aromatic heterocycles. The molecule has 0 saturated carbocycles. The van der Waals surface area contributed by atoms with Gasteiger partial charge in [-0.25, -0.2) is 4.98 Å². The lowest BCUT2D eigenvalue weighted by molar-refractivity contribution is -0.274.